The molecule has 0 radical (unpaired) electrons. The number of anilines is 1. The van der Waals surface area contributed by atoms with Gasteiger partial charge in [-0.3, -0.25) is 14.9 Å². The van der Waals surface area contributed by atoms with Crippen LogP contribution in [0.5, 0.6) is 0 Å². The molecule has 2 N–H and O–H groups in total. The van der Waals surface area contributed by atoms with Gasteiger partial charge in [-0.05, 0) is 20.3 Å². The SMILES string of the molecule is CC(C)(CCC(=O)O)Nc1cc(F)cc(F)c1[N+](=O)[O-]. The van der Waals surface area contributed by atoms with Crippen molar-refractivity contribution in [3.63, 3.8) is 0 Å². The fourth-order valence-corrected chi connectivity index (χ4v) is 1.69. The molecule has 0 unspecified atom stereocenters. The quantitative estimate of drug-likeness (QED) is 0.620. The van der Waals surface area contributed by atoms with E-state index in [-0.39, 0.29) is 18.5 Å². The third-order valence-corrected chi connectivity index (χ3v) is 2.65. The number of aliphatic carboxylic acids is 1. The minimum atomic E-state index is -1.29. The van der Waals surface area contributed by atoms with Crippen molar-refractivity contribution in [3.8, 4) is 0 Å². The Morgan fingerprint density at radius 1 is 1.45 bits per heavy atom. The van der Waals surface area contributed by atoms with Crippen LogP contribution >= 0.6 is 0 Å². The summed E-state index contributed by atoms with van der Waals surface area (Å²) in [5, 5.41) is 22.1. The van der Waals surface area contributed by atoms with Gasteiger partial charge in [0.2, 0.25) is 5.82 Å². The zero-order valence-electron chi connectivity index (χ0n) is 10.9. The van der Waals surface area contributed by atoms with Gasteiger partial charge in [0.15, 0.2) is 0 Å². The molecular formula is C12H14F2N2O4. The fraction of sp³-hybridized carbons (Fsp3) is 0.417. The van der Waals surface area contributed by atoms with E-state index in [1.54, 1.807) is 13.8 Å². The van der Waals surface area contributed by atoms with E-state index < -0.39 is 33.8 Å². The molecule has 0 bridgehead atoms. The molecule has 110 valence electrons. The molecule has 0 heterocycles. The molecule has 0 aliphatic rings. The second-order valence-corrected chi connectivity index (χ2v) is 4.94. The summed E-state index contributed by atoms with van der Waals surface area (Å²) in [4.78, 5) is 20.4. The lowest BCUT2D eigenvalue weighted by molar-refractivity contribution is -0.386. The first-order chi connectivity index (χ1) is 9.12. The molecule has 1 rings (SSSR count). The summed E-state index contributed by atoms with van der Waals surface area (Å²) >= 11 is 0. The van der Waals surface area contributed by atoms with Crippen LogP contribution in [-0.4, -0.2) is 21.5 Å². The van der Waals surface area contributed by atoms with Gasteiger partial charge in [-0.2, -0.15) is 4.39 Å². The molecule has 0 amide bonds. The average Bonchev–Trinajstić information content (AvgIpc) is 2.24. The van der Waals surface area contributed by atoms with Crippen molar-refractivity contribution in [1.82, 2.24) is 0 Å². The van der Waals surface area contributed by atoms with Gasteiger partial charge in [-0.1, -0.05) is 0 Å². The van der Waals surface area contributed by atoms with E-state index in [1.165, 1.54) is 0 Å². The molecule has 8 heteroatoms. The van der Waals surface area contributed by atoms with E-state index in [0.29, 0.717) is 6.07 Å². The summed E-state index contributed by atoms with van der Waals surface area (Å²) in [6.45, 7) is 3.17. The number of carboxylic acids is 1. The fourth-order valence-electron chi connectivity index (χ4n) is 1.69. The highest BCUT2D eigenvalue weighted by molar-refractivity contribution is 5.67. The van der Waals surface area contributed by atoms with Crippen molar-refractivity contribution in [2.75, 3.05) is 5.32 Å². The van der Waals surface area contributed by atoms with Crippen molar-refractivity contribution >= 4 is 17.3 Å². The summed E-state index contributed by atoms with van der Waals surface area (Å²) < 4.78 is 26.6. The van der Waals surface area contributed by atoms with E-state index >= 15 is 0 Å². The second-order valence-electron chi connectivity index (χ2n) is 4.94. The van der Waals surface area contributed by atoms with Crippen LogP contribution < -0.4 is 5.32 Å². The Bertz CT molecular complexity index is 547. The van der Waals surface area contributed by atoms with Gasteiger partial charge < -0.3 is 10.4 Å². The first-order valence-electron chi connectivity index (χ1n) is 5.76. The molecule has 0 aliphatic carbocycles. The van der Waals surface area contributed by atoms with Crippen LogP contribution in [0.4, 0.5) is 20.2 Å². The molecule has 0 atom stereocenters. The average molecular weight is 288 g/mol. The number of nitrogens with zero attached hydrogens (tertiary/aromatic N) is 1. The van der Waals surface area contributed by atoms with Crippen molar-refractivity contribution in [2.45, 2.75) is 32.2 Å². The van der Waals surface area contributed by atoms with Crippen molar-refractivity contribution in [2.24, 2.45) is 0 Å². The number of benzene rings is 1. The summed E-state index contributed by atoms with van der Waals surface area (Å²) in [6, 6.07) is 1.23. The maximum atomic E-state index is 13.4. The molecule has 1 aromatic carbocycles. The summed E-state index contributed by atoms with van der Waals surface area (Å²) in [5.41, 5.74) is -2.05. The van der Waals surface area contributed by atoms with Crippen LogP contribution in [-0.2, 0) is 4.79 Å². The summed E-state index contributed by atoms with van der Waals surface area (Å²) in [7, 11) is 0. The Morgan fingerprint density at radius 3 is 2.55 bits per heavy atom. The third-order valence-electron chi connectivity index (χ3n) is 2.65. The third kappa shape index (κ3) is 4.15. The first-order valence-corrected chi connectivity index (χ1v) is 5.76. The first kappa shape index (κ1) is 15.8. The lowest BCUT2D eigenvalue weighted by Gasteiger charge is -2.26. The number of nitro benzene ring substituents is 1. The van der Waals surface area contributed by atoms with Gasteiger partial charge in [-0.15, -0.1) is 0 Å². The zero-order valence-corrected chi connectivity index (χ0v) is 10.9. The molecule has 0 spiro atoms. The highest BCUT2D eigenvalue weighted by Crippen LogP contribution is 2.32. The van der Waals surface area contributed by atoms with Crippen LogP contribution in [0.15, 0.2) is 12.1 Å². The number of nitrogens with one attached hydrogen (secondary N) is 1. The lowest BCUT2D eigenvalue weighted by atomic mass is 9.97. The molecule has 0 aliphatic heterocycles. The van der Waals surface area contributed by atoms with E-state index in [0.717, 1.165) is 6.07 Å². The predicted molar refractivity (Wildman–Crippen MR) is 67.6 cm³/mol. The topological polar surface area (TPSA) is 92.5 Å². The van der Waals surface area contributed by atoms with Gasteiger partial charge in [0.05, 0.1) is 4.92 Å². The predicted octanol–water partition coefficient (Wildman–Crippen LogP) is 2.93. The van der Waals surface area contributed by atoms with Crippen LogP contribution in [0, 0.1) is 21.7 Å². The number of nitro groups is 1. The van der Waals surface area contributed by atoms with Crippen molar-refractivity contribution in [1.29, 1.82) is 0 Å². The number of halogens is 2. The number of carbonyl (C=O) groups is 1. The van der Waals surface area contributed by atoms with Crippen LogP contribution in [0.1, 0.15) is 26.7 Å². The number of rotatable bonds is 6. The van der Waals surface area contributed by atoms with Crippen molar-refractivity contribution < 1.29 is 23.6 Å². The lowest BCUT2D eigenvalue weighted by Crippen LogP contribution is -2.32. The number of carboxylic acid groups (broad SMARTS) is 1. The monoisotopic (exact) mass is 288 g/mol. The Hall–Kier alpha value is -2.25. The Labute approximate surface area is 113 Å². The summed E-state index contributed by atoms with van der Waals surface area (Å²) in [5.74, 6) is -3.27. The molecule has 20 heavy (non-hydrogen) atoms. The molecular weight excluding hydrogens is 274 g/mol. The van der Waals surface area contributed by atoms with Gasteiger partial charge in [0, 0.05) is 24.1 Å². The second kappa shape index (κ2) is 5.81. The number of hydrogen-bond acceptors (Lipinski definition) is 4. The molecule has 6 nitrogen and oxygen atoms in total. The minimum Gasteiger partial charge on any atom is -0.481 e. The van der Waals surface area contributed by atoms with Crippen molar-refractivity contribution in [3.05, 3.63) is 33.9 Å². The van der Waals surface area contributed by atoms with Gasteiger partial charge in [0.1, 0.15) is 11.5 Å². The van der Waals surface area contributed by atoms with Gasteiger partial charge >= 0.3 is 11.7 Å². The largest absolute Gasteiger partial charge is 0.481 e. The standard InChI is InChI=1S/C12H14F2N2O4/c1-12(2,4-3-10(17)18)15-9-6-7(13)5-8(14)11(9)16(19)20/h5-6,15H,3-4H2,1-2H3,(H,17,18). The van der Waals surface area contributed by atoms with Gasteiger partial charge in [0.25, 0.3) is 0 Å². The molecule has 0 saturated carbocycles. The van der Waals surface area contributed by atoms with Crippen LogP contribution in [0.3, 0.4) is 0 Å². The Balaban J connectivity index is 3.07. The Kier molecular flexibility index (Phi) is 4.59. The Morgan fingerprint density at radius 2 is 2.05 bits per heavy atom. The highest BCUT2D eigenvalue weighted by Gasteiger charge is 2.27. The molecule has 0 saturated heterocycles. The maximum absolute atomic E-state index is 13.4. The summed E-state index contributed by atoms with van der Waals surface area (Å²) in [6.07, 6.45) is -0.0385. The molecule has 0 aromatic heterocycles. The minimum absolute atomic E-state index is 0.137. The van der Waals surface area contributed by atoms with Crippen LogP contribution in [0.2, 0.25) is 0 Å². The maximum Gasteiger partial charge on any atom is 0.327 e. The molecule has 0 fully saturated rings. The zero-order chi connectivity index (χ0) is 15.5. The number of hydrogen-bond donors (Lipinski definition) is 2. The molecule has 1 aromatic rings. The van der Waals surface area contributed by atoms with E-state index in [1.807, 2.05) is 0 Å². The van der Waals surface area contributed by atoms with E-state index in [2.05, 4.69) is 5.32 Å². The normalized spacial score (nSPS) is 11.2. The van der Waals surface area contributed by atoms with Gasteiger partial charge in [-0.25, -0.2) is 4.39 Å². The van der Waals surface area contributed by atoms with E-state index in [9.17, 15) is 23.7 Å². The highest BCUT2D eigenvalue weighted by atomic mass is 19.1. The van der Waals surface area contributed by atoms with E-state index in [4.69, 9.17) is 5.11 Å². The van der Waals surface area contributed by atoms with Crippen LogP contribution in [0.25, 0.3) is 0 Å². The smallest absolute Gasteiger partial charge is 0.327 e.